The van der Waals surface area contributed by atoms with Crippen molar-refractivity contribution in [3.05, 3.63) is 64.3 Å². The fourth-order valence-electron chi connectivity index (χ4n) is 4.41. The van der Waals surface area contributed by atoms with E-state index in [1.54, 1.807) is 17.9 Å². The smallest absolute Gasteiger partial charge is 0.253 e. The molecule has 1 saturated heterocycles. The number of rotatable bonds is 7. The van der Waals surface area contributed by atoms with Crippen LogP contribution < -0.4 is 20.5 Å². The molecule has 0 amide bonds. The van der Waals surface area contributed by atoms with Gasteiger partial charge in [0.2, 0.25) is 5.95 Å². The Bertz CT molecular complexity index is 1530. The average Bonchev–Trinajstić information content (AvgIpc) is 3.32. The van der Waals surface area contributed by atoms with Gasteiger partial charge in [0.15, 0.2) is 0 Å². The summed E-state index contributed by atoms with van der Waals surface area (Å²) in [6.07, 6.45) is 9.86. The number of hydrogen-bond donors (Lipinski definition) is 1. The summed E-state index contributed by atoms with van der Waals surface area (Å²) in [4.78, 5) is 26.0. The minimum atomic E-state index is -0.217. The molecule has 0 saturated carbocycles. The fourth-order valence-corrected chi connectivity index (χ4v) is 4.41. The van der Waals surface area contributed by atoms with Crippen LogP contribution in [0.3, 0.4) is 0 Å². The van der Waals surface area contributed by atoms with Crippen molar-refractivity contribution < 1.29 is 4.74 Å². The monoisotopic (exact) mass is 498 g/mol. The zero-order chi connectivity index (χ0) is 25.9. The van der Waals surface area contributed by atoms with Gasteiger partial charge in [0.05, 0.1) is 23.4 Å². The van der Waals surface area contributed by atoms with Crippen molar-refractivity contribution in [1.82, 2.24) is 29.2 Å². The number of fused-ring (bicyclic) bond motifs is 1. The molecule has 0 spiro atoms. The number of aryl methyl sites for hydroxylation is 2. The van der Waals surface area contributed by atoms with E-state index in [0.717, 1.165) is 49.0 Å². The standard InChI is InChI=1S/C27H30N8O2/c1-5-19-16-25(36)34(4)26-22(19)18-28-27(30-26)29-21-6-7-23(35-13-11-32(2)12-14-35)24(17-21)37-15-9-20-8-10-33(3)31-20/h1,6-8,10,16-18H,9,11-15H2,2-4H3,(H,28,29,30). The van der Waals surface area contributed by atoms with Crippen molar-refractivity contribution in [3.63, 3.8) is 0 Å². The van der Waals surface area contributed by atoms with E-state index in [9.17, 15) is 4.79 Å². The lowest BCUT2D eigenvalue weighted by Crippen LogP contribution is -2.44. The number of anilines is 3. The Labute approximate surface area is 215 Å². The maximum Gasteiger partial charge on any atom is 0.253 e. The largest absolute Gasteiger partial charge is 0.491 e. The number of ether oxygens (including phenoxy) is 1. The molecule has 10 nitrogen and oxygen atoms in total. The molecule has 1 aliphatic rings. The summed E-state index contributed by atoms with van der Waals surface area (Å²) in [5.41, 5.74) is 3.55. The summed E-state index contributed by atoms with van der Waals surface area (Å²) < 4.78 is 9.55. The van der Waals surface area contributed by atoms with Crippen LogP contribution in [0, 0.1) is 12.3 Å². The molecule has 5 rings (SSSR count). The van der Waals surface area contributed by atoms with E-state index in [2.05, 4.69) is 49.2 Å². The van der Waals surface area contributed by atoms with Crippen molar-refractivity contribution in [2.75, 3.05) is 50.1 Å². The van der Waals surface area contributed by atoms with Gasteiger partial charge in [0.1, 0.15) is 11.4 Å². The van der Waals surface area contributed by atoms with Gasteiger partial charge in [-0.15, -0.1) is 6.42 Å². The lowest BCUT2D eigenvalue weighted by atomic mass is 10.2. The van der Waals surface area contributed by atoms with E-state index in [1.165, 1.54) is 10.6 Å². The molecule has 0 atom stereocenters. The van der Waals surface area contributed by atoms with Crippen molar-refractivity contribution in [2.24, 2.45) is 14.1 Å². The molecule has 1 aliphatic heterocycles. The molecule has 0 unspecified atom stereocenters. The van der Waals surface area contributed by atoms with Crippen LogP contribution in [0.4, 0.5) is 17.3 Å². The highest BCUT2D eigenvalue weighted by Gasteiger charge is 2.19. The van der Waals surface area contributed by atoms with E-state index in [-0.39, 0.29) is 5.56 Å². The third kappa shape index (κ3) is 5.27. The van der Waals surface area contributed by atoms with Gasteiger partial charge in [0, 0.05) is 82.5 Å². The summed E-state index contributed by atoms with van der Waals surface area (Å²) in [7, 11) is 5.71. The molecule has 10 heteroatoms. The Morgan fingerprint density at radius 3 is 2.65 bits per heavy atom. The maximum absolute atomic E-state index is 12.3. The van der Waals surface area contributed by atoms with E-state index in [4.69, 9.17) is 11.2 Å². The van der Waals surface area contributed by atoms with Crippen molar-refractivity contribution in [1.29, 1.82) is 0 Å². The summed E-state index contributed by atoms with van der Waals surface area (Å²) in [5.74, 6) is 3.69. The molecule has 4 aromatic rings. The normalized spacial score (nSPS) is 14.1. The molecule has 1 N–H and O–H groups in total. The van der Waals surface area contributed by atoms with Crippen LogP contribution in [0.1, 0.15) is 11.3 Å². The van der Waals surface area contributed by atoms with E-state index < -0.39 is 0 Å². The minimum Gasteiger partial charge on any atom is -0.491 e. The average molecular weight is 499 g/mol. The second kappa shape index (κ2) is 10.3. The van der Waals surface area contributed by atoms with Crippen molar-refractivity contribution >= 4 is 28.4 Å². The van der Waals surface area contributed by atoms with Gasteiger partial charge in [0.25, 0.3) is 5.56 Å². The predicted octanol–water partition coefficient (Wildman–Crippen LogP) is 2.16. The maximum atomic E-state index is 12.3. The first kappa shape index (κ1) is 24.3. The summed E-state index contributed by atoms with van der Waals surface area (Å²) in [5, 5.41) is 8.35. The molecule has 0 bridgehead atoms. The molecule has 0 radical (unpaired) electrons. The van der Waals surface area contributed by atoms with Crippen molar-refractivity contribution in [2.45, 2.75) is 6.42 Å². The highest BCUT2D eigenvalue weighted by molar-refractivity contribution is 5.82. The SMILES string of the molecule is C#Cc1cc(=O)n(C)c2nc(Nc3ccc(N4CCN(C)CC4)c(OCCc4ccn(C)n4)c3)ncc12. The first-order valence-electron chi connectivity index (χ1n) is 12.2. The van der Waals surface area contributed by atoms with Gasteiger partial charge in [-0.05, 0) is 25.2 Å². The second-order valence-corrected chi connectivity index (χ2v) is 9.21. The summed E-state index contributed by atoms with van der Waals surface area (Å²) in [6.45, 7) is 4.36. The van der Waals surface area contributed by atoms with Gasteiger partial charge in [-0.25, -0.2) is 4.98 Å². The van der Waals surface area contributed by atoms with Gasteiger partial charge in [-0.2, -0.15) is 10.1 Å². The Morgan fingerprint density at radius 2 is 1.92 bits per heavy atom. The molecule has 0 aliphatic carbocycles. The van der Waals surface area contributed by atoms with Gasteiger partial charge in [-0.1, -0.05) is 5.92 Å². The molecular formula is C27H30N8O2. The number of likely N-dealkylation sites (N-methyl/N-ethyl adjacent to an activating group) is 1. The third-order valence-corrected chi connectivity index (χ3v) is 6.57. The number of hydrogen-bond acceptors (Lipinski definition) is 8. The van der Waals surface area contributed by atoms with Crippen LogP contribution in [0.25, 0.3) is 11.0 Å². The number of aromatic nitrogens is 5. The summed E-state index contributed by atoms with van der Waals surface area (Å²) in [6, 6.07) is 9.44. The molecule has 1 aromatic carbocycles. The van der Waals surface area contributed by atoms with Crippen LogP contribution in [0.15, 0.2) is 47.5 Å². The summed E-state index contributed by atoms with van der Waals surface area (Å²) >= 11 is 0. The predicted molar refractivity (Wildman–Crippen MR) is 145 cm³/mol. The topological polar surface area (TPSA) is 93.3 Å². The zero-order valence-electron chi connectivity index (χ0n) is 21.3. The van der Waals surface area contributed by atoms with Crippen molar-refractivity contribution in [3.8, 4) is 18.1 Å². The fraction of sp³-hybridized carbons (Fsp3) is 0.333. The lowest BCUT2D eigenvalue weighted by Gasteiger charge is -2.35. The molecule has 3 aromatic heterocycles. The van der Waals surface area contributed by atoms with Gasteiger partial charge in [-0.3, -0.25) is 14.0 Å². The Hall–Kier alpha value is -4.36. The number of terminal acetylenes is 1. The number of piperazine rings is 1. The first-order chi connectivity index (χ1) is 17.9. The number of nitrogens with zero attached hydrogens (tertiary/aromatic N) is 7. The van der Waals surface area contributed by atoms with Crippen LogP contribution in [-0.4, -0.2) is 69.0 Å². The Morgan fingerprint density at radius 1 is 1.11 bits per heavy atom. The molecule has 4 heterocycles. The lowest BCUT2D eigenvalue weighted by molar-refractivity contribution is 0.303. The molecular weight excluding hydrogens is 468 g/mol. The first-order valence-corrected chi connectivity index (χ1v) is 12.2. The quantitative estimate of drug-likeness (QED) is 0.388. The number of nitrogens with one attached hydrogen (secondary N) is 1. The molecule has 190 valence electrons. The minimum absolute atomic E-state index is 0.217. The van der Waals surface area contributed by atoms with Gasteiger partial charge >= 0.3 is 0 Å². The van der Waals surface area contributed by atoms with Gasteiger partial charge < -0.3 is 19.9 Å². The van der Waals surface area contributed by atoms with Crippen LogP contribution in [-0.2, 0) is 20.5 Å². The van der Waals surface area contributed by atoms with Crippen LogP contribution in [0.2, 0.25) is 0 Å². The Kier molecular flexibility index (Phi) is 6.79. The molecule has 37 heavy (non-hydrogen) atoms. The second-order valence-electron chi connectivity index (χ2n) is 9.21. The zero-order valence-corrected chi connectivity index (χ0v) is 21.3. The molecule has 1 fully saturated rings. The third-order valence-electron chi connectivity index (χ3n) is 6.57. The van der Waals surface area contributed by atoms with Crippen LogP contribution in [0.5, 0.6) is 5.75 Å². The number of pyridine rings is 1. The highest BCUT2D eigenvalue weighted by Crippen LogP contribution is 2.33. The van der Waals surface area contributed by atoms with E-state index >= 15 is 0 Å². The van der Waals surface area contributed by atoms with E-state index in [1.807, 2.05) is 31.4 Å². The Balaban J connectivity index is 1.42. The van der Waals surface area contributed by atoms with E-state index in [0.29, 0.717) is 35.6 Å². The number of benzene rings is 1. The highest BCUT2D eigenvalue weighted by atomic mass is 16.5. The van der Waals surface area contributed by atoms with Crippen LogP contribution >= 0.6 is 0 Å².